The number of anilines is 1. The van der Waals surface area contributed by atoms with Gasteiger partial charge in [0.1, 0.15) is 0 Å². The molecule has 1 N–H and O–H groups in total. The van der Waals surface area contributed by atoms with Crippen LogP contribution in [0.3, 0.4) is 0 Å². The molecule has 1 amide bonds. The Bertz CT molecular complexity index is 514. The van der Waals surface area contributed by atoms with E-state index in [4.69, 9.17) is 4.74 Å². The fourth-order valence-corrected chi connectivity index (χ4v) is 2.86. The number of nitrogens with one attached hydrogen (secondary N) is 1. The third kappa shape index (κ3) is 5.73. The molecule has 124 valence electrons. The van der Waals surface area contributed by atoms with Gasteiger partial charge in [-0.15, -0.1) is 11.3 Å². The van der Waals surface area contributed by atoms with E-state index in [1.165, 1.54) is 11.3 Å². The maximum absolute atomic E-state index is 12.1. The molecule has 0 atom stereocenters. The van der Waals surface area contributed by atoms with Crippen molar-refractivity contribution in [1.29, 1.82) is 0 Å². The molecule has 0 spiro atoms. The monoisotopic (exact) mass is 327 g/mol. The van der Waals surface area contributed by atoms with E-state index in [2.05, 4.69) is 10.3 Å². The summed E-state index contributed by atoms with van der Waals surface area (Å²) in [4.78, 5) is 31.0. The minimum absolute atomic E-state index is 0.0689. The van der Waals surface area contributed by atoms with Gasteiger partial charge in [-0.25, -0.2) is 4.98 Å². The van der Waals surface area contributed by atoms with E-state index in [1.807, 2.05) is 27.7 Å². The molecule has 0 aromatic carbocycles. The number of thiazole rings is 1. The Labute approximate surface area is 135 Å². The Kier molecular flexibility index (Phi) is 7.47. The van der Waals surface area contributed by atoms with Crippen molar-refractivity contribution >= 4 is 28.3 Å². The lowest BCUT2D eigenvalue weighted by molar-refractivity contribution is -0.145. The average molecular weight is 327 g/mol. The highest BCUT2D eigenvalue weighted by Crippen LogP contribution is 2.22. The van der Waals surface area contributed by atoms with E-state index in [0.29, 0.717) is 11.7 Å². The van der Waals surface area contributed by atoms with Crippen LogP contribution in [0.4, 0.5) is 5.13 Å². The van der Waals surface area contributed by atoms with Crippen molar-refractivity contribution in [2.24, 2.45) is 0 Å². The van der Waals surface area contributed by atoms with Gasteiger partial charge in [0, 0.05) is 10.9 Å². The molecular formula is C15H25N3O3S. The fourth-order valence-electron chi connectivity index (χ4n) is 1.95. The highest BCUT2D eigenvalue weighted by atomic mass is 32.1. The molecule has 1 aromatic heterocycles. The Hall–Kier alpha value is -1.47. The molecule has 22 heavy (non-hydrogen) atoms. The molecule has 1 aromatic rings. The molecular weight excluding hydrogens is 302 g/mol. The molecule has 7 heteroatoms. The lowest BCUT2D eigenvalue weighted by atomic mass is 10.3. The third-order valence-electron chi connectivity index (χ3n) is 3.19. The van der Waals surface area contributed by atoms with Crippen molar-refractivity contribution in [1.82, 2.24) is 9.88 Å². The SMILES string of the molecule is CCOC(=O)CN(CC(=O)Nc1nc(CC)c(C)s1)C(C)C. The van der Waals surface area contributed by atoms with E-state index >= 15 is 0 Å². The number of carbonyl (C=O) groups is 2. The number of hydrogen-bond acceptors (Lipinski definition) is 6. The number of rotatable bonds is 8. The third-order valence-corrected chi connectivity index (χ3v) is 4.12. The van der Waals surface area contributed by atoms with Gasteiger partial charge in [-0.1, -0.05) is 6.92 Å². The van der Waals surface area contributed by atoms with E-state index in [9.17, 15) is 9.59 Å². The van der Waals surface area contributed by atoms with E-state index in [1.54, 1.807) is 11.8 Å². The van der Waals surface area contributed by atoms with Gasteiger partial charge >= 0.3 is 5.97 Å². The second-order valence-electron chi connectivity index (χ2n) is 5.23. The number of aryl methyl sites for hydroxylation is 2. The molecule has 0 aliphatic heterocycles. The Morgan fingerprint density at radius 1 is 1.32 bits per heavy atom. The average Bonchev–Trinajstić information content (AvgIpc) is 2.77. The first kappa shape index (κ1) is 18.6. The molecule has 1 heterocycles. The summed E-state index contributed by atoms with van der Waals surface area (Å²) in [5, 5.41) is 3.41. The van der Waals surface area contributed by atoms with Gasteiger partial charge in [-0.05, 0) is 34.1 Å². The molecule has 0 radical (unpaired) electrons. The molecule has 1 rings (SSSR count). The van der Waals surface area contributed by atoms with Crippen molar-refractivity contribution in [3.63, 3.8) is 0 Å². The van der Waals surface area contributed by atoms with Gasteiger partial charge < -0.3 is 10.1 Å². The predicted molar refractivity (Wildman–Crippen MR) is 88.2 cm³/mol. The van der Waals surface area contributed by atoms with Gasteiger partial charge in [-0.2, -0.15) is 0 Å². The number of hydrogen-bond donors (Lipinski definition) is 1. The van der Waals surface area contributed by atoms with Gasteiger partial charge in [0.2, 0.25) is 5.91 Å². The fraction of sp³-hybridized carbons (Fsp3) is 0.667. The molecule has 0 saturated heterocycles. The quantitative estimate of drug-likeness (QED) is 0.741. The van der Waals surface area contributed by atoms with Crippen molar-refractivity contribution in [3.05, 3.63) is 10.6 Å². The van der Waals surface area contributed by atoms with Crippen molar-refractivity contribution < 1.29 is 14.3 Å². The normalized spacial score (nSPS) is 11.0. The summed E-state index contributed by atoms with van der Waals surface area (Å²) in [6.45, 7) is 10.3. The molecule has 0 bridgehead atoms. The van der Waals surface area contributed by atoms with E-state index < -0.39 is 0 Å². The summed E-state index contributed by atoms with van der Waals surface area (Å²) in [5.41, 5.74) is 1.01. The molecule has 0 saturated carbocycles. The molecule has 0 aliphatic rings. The predicted octanol–water partition coefficient (Wildman–Crippen LogP) is 2.23. The first-order chi connectivity index (χ1) is 10.4. The van der Waals surface area contributed by atoms with Crippen LogP contribution in [0.5, 0.6) is 0 Å². The number of amides is 1. The maximum atomic E-state index is 12.1. The van der Waals surface area contributed by atoms with Gasteiger partial charge in [0.05, 0.1) is 25.4 Å². The van der Waals surface area contributed by atoms with Crippen LogP contribution in [-0.4, -0.2) is 47.5 Å². The zero-order valence-corrected chi connectivity index (χ0v) is 14.7. The summed E-state index contributed by atoms with van der Waals surface area (Å²) >= 11 is 1.47. The maximum Gasteiger partial charge on any atom is 0.320 e. The van der Waals surface area contributed by atoms with E-state index in [-0.39, 0.29) is 31.0 Å². The highest BCUT2D eigenvalue weighted by molar-refractivity contribution is 7.15. The van der Waals surface area contributed by atoms with Gasteiger partial charge in [-0.3, -0.25) is 14.5 Å². The van der Waals surface area contributed by atoms with E-state index in [0.717, 1.165) is 17.0 Å². The summed E-state index contributed by atoms with van der Waals surface area (Å²) < 4.78 is 4.93. The lowest BCUT2D eigenvalue weighted by Crippen LogP contribution is -2.41. The van der Waals surface area contributed by atoms with Crippen molar-refractivity contribution in [2.75, 3.05) is 25.0 Å². The van der Waals surface area contributed by atoms with Gasteiger partial charge in [0.15, 0.2) is 5.13 Å². The second kappa shape index (κ2) is 8.85. The smallest absolute Gasteiger partial charge is 0.320 e. The first-order valence-electron chi connectivity index (χ1n) is 7.53. The van der Waals surface area contributed by atoms with Crippen LogP contribution in [-0.2, 0) is 20.7 Å². The first-order valence-corrected chi connectivity index (χ1v) is 8.34. The number of aromatic nitrogens is 1. The standard InChI is InChI=1S/C15H25N3O3S/c1-6-12-11(5)22-15(16-12)17-13(19)8-18(10(3)4)9-14(20)21-7-2/h10H,6-9H2,1-5H3,(H,16,17,19). The van der Waals surface area contributed by atoms with Crippen LogP contribution in [0, 0.1) is 6.92 Å². The summed E-state index contributed by atoms with van der Waals surface area (Å²) in [7, 11) is 0. The zero-order valence-electron chi connectivity index (χ0n) is 13.9. The topological polar surface area (TPSA) is 71.5 Å². The largest absolute Gasteiger partial charge is 0.465 e. The van der Waals surface area contributed by atoms with Crippen LogP contribution in [0.15, 0.2) is 0 Å². The lowest BCUT2D eigenvalue weighted by Gasteiger charge is -2.24. The van der Waals surface area contributed by atoms with Crippen LogP contribution in [0.2, 0.25) is 0 Å². The zero-order chi connectivity index (χ0) is 16.7. The molecule has 0 fully saturated rings. The Morgan fingerprint density at radius 3 is 2.50 bits per heavy atom. The number of esters is 1. The summed E-state index contributed by atoms with van der Waals surface area (Å²) in [6, 6.07) is 0.0689. The number of nitrogens with zero attached hydrogens (tertiary/aromatic N) is 2. The summed E-state index contributed by atoms with van der Waals surface area (Å²) in [5.74, 6) is -0.489. The minimum Gasteiger partial charge on any atom is -0.465 e. The molecule has 0 unspecified atom stereocenters. The highest BCUT2D eigenvalue weighted by Gasteiger charge is 2.19. The van der Waals surface area contributed by atoms with Crippen molar-refractivity contribution in [2.45, 2.75) is 47.1 Å². The molecule has 6 nitrogen and oxygen atoms in total. The Balaban J connectivity index is 2.61. The van der Waals surface area contributed by atoms with Crippen LogP contribution in [0.1, 0.15) is 38.3 Å². The van der Waals surface area contributed by atoms with Crippen LogP contribution >= 0.6 is 11.3 Å². The molecule has 0 aliphatic carbocycles. The van der Waals surface area contributed by atoms with Crippen LogP contribution in [0.25, 0.3) is 0 Å². The number of carbonyl (C=O) groups excluding carboxylic acids is 2. The second-order valence-corrected chi connectivity index (χ2v) is 6.43. The minimum atomic E-state index is -0.317. The van der Waals surface area contributed by atoms with Gasteiger partial charge in [0.25, 0.3) is 0 Å². The van der Waals surface area contributed by atoms with Crippen molar-refractivity contribution in [3.8, 4) is 0 Å². The Morgan fingerprint density at radius 2 is 2.00 bits per heavy atom. The number of ether oxygens (including phenoxy) is 1. The summed E-state index contributed by atoms with van der Waals surface area (Å²) in [6.07, 6.45) is 0.846. The van der Waals surface area contributed by atoms with Crippen LogP contribution < -0.4 is 5.32 Å².